The molecule has 0 bridgehead atoms. The van der Waals surface area contributed by atoms with Crippen LogP contribution in [0.1, 0.15) is 36.3 Å². The third-order valence-electron chi connectivity index (χ3n) is 3.99. The second-order valence-electron chi connectivity index (χ2n) is 5.46. The van der Waals surface area contributed by atoms with E-state index in [1.807, 2.05) is 24.1 Å². The summed E-state index contributed by atoms with van der Waals surface area (Å²) in [7, 11) is 1.84. The van der Waals surface area contributed by atoms with Gasteiger partial charge in [0.05, 0.1) is 0 Å². The maximum absolute atomic E-state index is 12.7. The topological polar surface area (TPSA) is 48.5 Å². The molecule has 0 aromatic carbocycles. The van der Waals surface area contributed by atoms with Gasteiger partial charge in [-0.3, -0.25) is 4.79 Å². The first-order valence-corrected chi connectivity index (χ1v) is 7.88. The van der Waals surface area contributed by atoms with Crippen LogP contribution < -0.4 is 5.32 Å². The molecule has 1 N–H and O–H groups in total. The average Bonchev–Trinajstić information content (AvgIpc) is 2.54. The number of carbonyl (C=O) groups excluding carboxylic acids is 1. The summed E-state index contributed by atoms with van der Waals surface area (Å²) in [5.74, 6) is 0.901. The van der Waals surface area contributed by atoms with E-state index in [4.69, 9.17) is 0 Å². The smallest absolute Gasteiger partial charge is 0.254 e. The maximum atomic E-state index is 12.7. The summed E-state index contributed by atoms with van der Waals surface area (Å²) in [6.45, 7) is 8.90. The Morgan fingerprint density at radius 1 is 1.24 bits per heavy atom. The van der Waals surface area contributed by atoms with Crippen LogP contribution in [0.25, 0.3) is 0 Å². The Hall–Kier alpha value is -1.62. The van der Waals surface area contributed by atoms with Gasteiger partial charge in [-0.2, -0.15) is 0 Å². The lowest BCUT2D eigenvalue weighted by atomic mass is 10.1. The minimum atomic E-state index is 0.127. The highest BCUT2D eigenvalue weighted by Crippen LogP contribution is 2.15. The first-order chi connectivity index (χ1) is 10.2. The van der Waals surface area contributed by atoms with E-state index in [0.29, 0.717) is 0 Å². The molecule has 0 aliphatic carbocycles. The molecule has 5 heteroatoms. The number of aryl methyl sites for hydroxylation is 1. The summed E-state index contributed by atoms with van der Waals surface area (Å²) < 4.78 is 0. The molecule has 0 unspecified atom stereocenters. The van der Waals surface area contributed by atoms with Crippen molar-refractivity contribution in [2.75, 3.05) is 45.1 Å². The molecule has 1 aliphatic rings. The van der Waals surface area contributed by atoms with Crippen molar-refractivity contribution in [2.45, 2.75) is 26.7 Å². The van der Waals surface area contributed by atoms with Gasteiger partial charge in [-0.1, -0.05) is 20.3 Å². The lowest BCUT2D eigenvalue weighted by molar-refractivity contribution is 0.0643. The maximum Gasteiger partial charge on any atom is 0.254 e. The molecule has 1 fully saturated rings. The molecule has 0 saturated carbocycles. The van der Waals surface area contributed by atoms with Gasteiger partial charge >= 0.3 is 0 Å². The number of anilines is 1. The van der Waals surface area contributed by atoms with E-state index in [-0.39, 0.29) is 5.91 Å². The molecule has 5 nitrogen and oxygen atoms in total. The molecule has 0 radical (unpaired) electrons. The largest absolute Gasteiger partial charge is 0.373 e. The highest BCUT2D eigenvalue weighted by Gasteiger charge is 2.22. The Morgan fingerprint density at radius 2 is 1.95 bits per heavy atom. The monoisotopic (exact) mass is 290 g/mol. The third-order valence-corrected chi connectivity index (χ3v) is 3.99. The van der Waals surface area contributed by atoms with Crippen molar-refractivity contribution >= 4 is 11.7 Å². The fraction of sp³-hybridized carbons (Fsp3) is 0.625. The summed E-state index contributed by atoms with van der Waals surface area (Å²) in [6.07, 6.45) is 1.93. The van der Waals surface area contributed by atoms with E-state index < -0.39 is 0 Å². The van der Waals surface area contributed by atoms with Crippen LogP contribution in [0.5, 0.6) is 0 Å². The molecular formula is C16H26N4O. The number of piperazine rings is 1. The summed E-state index contributed by atoms with van der Waals surface area (Å²) in [5, 5.41) is 3.05. The van der Waals surface area contributed by atoms with Gasteiger partial charge in [0, 0.05) is 44.5 Å². The summed E-state index contributed by atoms with van der Waals surface area (Å²) >= 11 is 0. The minimum absolute atomic E-state index is 0.127. The first-order valence-electron chi connectivity index (χ1n) is 7.88. The van der Waals surface area contributed by atoms with Crippen LogP contribution in [0.3, 0.4) is 0 Å². The SMILES string of the molecule is CCCc1cc(C(=O)N2CCN(CC)CC2)cc(NC)n1. The van der Waals surface area contributed by atoms with E-state index in [1.165, 1.54) is 0 Å². The van der Waals surface area contributed by atoms with E-state index >= 15 is 0 Å². The first kappa shape index (κ1) is 15.8. The number of hydrogen-bond acceptors (Lipinski definition) is 4. The van der Waals surface area contributed by atoms with Crippen LogP contribution in [-0.2, 0) is 6.42 Å². The number of hydrogen-bond donors (Lipinski definition) is 1. The molecule has 1 aromatic heterocycles. The minimum Gasteiger partial charge on any atom is -0.373 e. The Balaban J connectivity index is 2.13. The summed E-state index contributed by atoms with van der Waals surface area (Å²) in [4.78, 5) is 21.5. The van der Waals surface area contributed by atoms with Crippen molar-refractivity contribution in [1.82, 2.24) is 14.8 Å². The van der Waals surface area contributed by atoms with E-state index in [9.17, 15) is 4.79 Å². The number of nitrogens with one attached hydrogen (secondary N) is 1. The number of pyridine rings is 1. The van der Waals surface area contributed by atoms with Crippen molar-refractivity contribution in [1.29, 1.82) is 0 Å². The predicted molar refractivity (Wildman–Crippen MR) is 85.8 cm³/mol. The highest BCUT2D eigenvalue weighted by molar-refractivity contribution is 5.95. The van der Waals surface area contributed by atoms with Crippen molar-refractivity contribution in [3.05, 3.63) is 23.4 Å². The molecular weight excluding hydrogens is 264 g/mol. The summed E-state index contributed by atoms with van der Waals surface area (Å²) in [6, 6.07) is 3.80. The molecule has 1 amide bonds. The lowest BCUT2D eigenvalue weighted by Crippen LogP contribution is -2.48. The number of rotatable bonds is 5. The predicted octanol–water partition coefficient (Wildman–Crippen LogP) is 1.85. The standard InChI is InChI=1S/C16H26N4O/c1-4-6-14-11-13(12-15(17-3)18-14)16(21)20-9-7-19(5-2)8-10-20/h11-12H,4-10H2,1-3H3,(H,17,18). The van der Waals surface area contributed by atoms with Gasteiger partial charge in [-0.25, -0.2) is 4.98 Å². The second-order valence-corrected chi connectivity index (χ2v) is 5.46. The molecule has 21 heavy (non-hydrogen) atoms. The van der Waals surface area contributed by atoms with Gasteiger partial charge in [0.2, 0.25) is 0 Å². The molecule has 1 aromatic rings. The molecule has 0 spiro atoms. The Morgan fingerprint density at radius 3 is 2.52 bits per heavy atom. The molecule has 116 valence electrons. The molecule has 1 aliphatic heterocycles. The molecule has 0 atom stereocenters. The third kappa shape index (κ3) is 3.94. The lowest BCUT2D eigenvalue weighted by Gasteiger charge is -2.34. The number of nitrogens with zero attached hydrogens (tertiary/aromatic N) is 3. The van der Waals surface area contributed by atoms with Gasteiger partial charge in [0.1, 0.15) is 5.82 Å². The summed E-state index contributed by atoms with van der Waals surface area (Å²) in [5.41, 5.74) is 1.74. The molecule has 2 heterocycles. The zero-order valence-corrected chi connectivity index (χ0v) is 13.4. The number of aromatic nitrogens is 1. The normalized spacial score (nSPS) is 16.0. The molecule has 1 saturated heterocycles. The highest BCUT2D eigenvalue weighted by atomic mass is 16.2. The van der Waals surface area contributed by atoms with Gasteiger partial charge in [0.25, 0.3) is 5.91 Å². The van der Waals surface area contributed by atoms with Crippen LogP contribution in [0.4, 0.5) is 5.82 Å². The second kappa shape index (κ2) is 7.41. The fourth-order valence-corrected chi connectivity index (χ4v) is 2.67. The number of likely N-dealkylation sites (N-methyl/N-ethyl adjacent to an activating group) is 1. The van der Waals surface area contributed by atoms with Gasteiger partial charge in [-0.05, 0) is 25.1 Å². The van der Waals surface area contributed by atoms with Crippen molar-refractivity contribution in [3.8, 4) is 0 Å². The average molecular weight is 290 g/mol. The quantitative estimate of drug-likeness (QED) is 0.899. The van der Waals surface area contributed by atoms with Crippen LogP contribution in [-0.4, -0.2) is 60.5 Å². The van der Waals surface area contributed by atoms with Crippen molar-refractivity contribution in [2.24, 2.45) is 0 Å². The molecule has 2 rings (SSSR count). The zero-order valence-electron chi connectivity index (χ0n) is 13.4. The van der Waals surface area contributed by atoms with E-state index in [0.717, 1.165) is 62.6 Å². The Bertz CT molecular complexity index is 481. The number of carbonyl (C=O) groups is 1. The number of amides is 1. The Kier molecular flexibility index (Phi) is 5.56. The van der Waals surface area contributed by atoms with Crippen molar-refractivity contribution in [3.63, 3.8) is 0 Å². The fourth-order valence-electron chi connectivity index (χ4n) is 2.67. The van der Waals surface area contributed by atoms with Gasteiger partial charge in [0.15, 0.2) is 0 Å². The Labute approximate surface area is 127 Å². The van der Waals surface area contributed by atoms with Gasteiger partial charge in [-0.15, -0.1) is 0 Å². The van der Waals surface area contributed by atoms with Crippen LogP contribution in [0.2, 0.25) is 0 Å². The van der Waals surface area contributed by atoms with Crippen LogP contribution in [0, 0.1) is 0 Å². The van der Waals surface area contributed by atoms with Gasteiger partial charge < -0.3 is 15.1 Å². The zero-order chi connectivity index (χ0) is 15.2. The van der Waals surface area contributed by atoms with E-state index in [2.05, 4.69) is 29.0 Å². The van der Waals surface area contributed by atoms with Crippen LogP contribution >= 0.6 is 0 Å². The van der Waals surface area contributed by atoms with Crippen LogP contribution in [0.15, 0.2) is 12.1 Å². The van der Waals surface area contributed by atoms with E-state index in [1.54, 1.807) is 0 Å². The van der Waals surface area contributed by atoms with Crippen molar-refractivity contribution < 1.29 is 4.79 Å².